The van der Waals surface area contributed by atoms with Crippen molar-refractivity contribution in [3.8, 4) is 5.69 Å². The average molecular weight is 344 g/mol. The molecule has 1 fully saturated rings. The van der Waals surface area contributed by atoms with Crippen LogP contribution in [0.3, 0.4) is 0 Å². The Bertz CT molecular complexity index is 729. The zero-order valence-electron chi connectivity index (χ0n) is 14.6. The molecule has 0 aliphatic carbocycles. The van der Waals surface area contributed by atoms with Gasteiger partial charge in [-0.05, 0) is 25.5 Å². The zero-order chi connectivity index (χ0) is 17.8. The summed E-state index contributed by atoms with van der Waals surface area (Å²) < 4.78 is 7.05. The van der Waals surface area contributed by atoms with Crippen LogP contribution in [-0.4, -0.2) is 58.2 Å². The van der Waals surface area contributed by atoms with Crippen molar-refractivity contribution >= 4 is 11.8 Å². The maximum atomic E-state index is 12.7. The molecule has 0 saturated carbocycles. The number of β-amino-alcohol motifs (C(OH)–C–C–N with tert-alkyl or cyclic N) is 1. The van der Waals surface area contributed by atoms with E-state index < -0.39 is 6.10 Å². The van der Waals surface area contributed by atoms with Crippen molar-refractivity contribution in [1.29, 1.82) is 0 Å². The van der Waals surface area contributed by atoms with Gasteiger partial charge < -0.3 is 14.7 Å². The molecule has 3 rings (SSSR count). The SMILES string of the molecule is CCc1nn(-c2ccccc2)c(NC(=O)N2CCOC[C@H](O)C2)c1C. The lowest BCUT2D eigenvalue weighted by Crippen LogP contribution is -2.40. The number of ether oxygens (including phenoxy) is 1. The van der Waals surface area contributed by atoms with Crippen LogP contribution in [0.5, 0.6) is 0 Å². The molecule has 1 aliphatic heterocycles. The molecule has 1 aromatic heterocycles. The second-order valence-corrected chi connectivity index (χ2v) is 6.13. The number of hydrogen-bond acceptors (Lipinski definition) is 4. The fourth-order valence-electron chi connectivity index (χ4n) is 2.94. The van der Waals surface area contributed by atoms with Crippen molar-refractivity contribution in [2.45, 2.75) is 26.4 Å². The highest BCUT2D eigenvalue weighted by Gasteiger charge is 2.23. The Labute approximate surface area is 147 Å². The molecule has 134 valence electrons. The lowest BCUT2D eigenvalue weighted by atomic mass is 10.2. The van der Waals surface area contributed by atoms with Crippen LogP contribution >= 0.6 is 0 Å². The predicted octanol–water partition coefficient (Wildman–Crippen LogP) is 1.97. The average Bonchev–Trinajstić information content (AvgIpc) is 2.79. The number of carbonyl (C=O) groups is 1. The molecule has 2 amide bonds. The predicted molar refractivity (Wildman–Crippen MR) is 95.1 cm³/mol. The molecular formula is C18H24N4O3. The van der Waals surface area contributed by atoms with Crippen molar-refractivity contribution < 1.29 is 14.6 Å². The van der Waals surface area contributed by atoms with E-state index >= 15 is 0 Å². The minimum atomic E-state index is -0.667. The summed E-state index contributed by atoms with van der Waals surface area (Å²) in [4.78, 5) is 14.3. The van der Waals surface area contributed by atoms with Crippen LogP contribution in [0.2, 0.25) is 0 Å². The van der Waals surface area contributed by atoms with E-state index in [2.05, 4.69) is 10.4 Å². The van der Waals surface area contributed by atoms with Gasteiger partial charge in [-0.25, -0.2) is 9.48 Å². The number of aryl methyl sites for hydroxylation is 1. The summed E-state index contributed by atoms with van der Waals surface area (Å²) >= 11 is 0. The van der Waals surface area contributed by atoms with Gasteiger partial charge in [-0.2, -0.15) is 5.10 Å². The van der Waals surface area contributed by atoms with E-state index in [1.54, 1.807) is 9.58 Å². The van der Waals surface area contributed by atoms with Gasteiger partial charge in [-0.3, -0.25) is 5.32 Å². The molecule has 2 heterocycles. The van der Waals surface area contributed by atoms with E-state index in [1.165, 1.54) is 0 Å². The van der Waals surface area contributed by atoms with Crippen LogP contribution in [0.15, 0.2) is 30.3 Å². The summed E-state index contributed by atoms with van der Waals surface area (Å²) in [5.74, 6) is 0.660. The summed E-state index contributed by atoms with van der Waals surface area (Å²) in [5.41, 5.74) is 2.78. The summed E-state index contributed by atoms with van der Waals surface area (Å²) in [6, 6.07) is 9.46. The second-order valence-electron chi connectivity index (χ2n) is 6.13. The highest BCUT2D eigenvalue weighted by atomic mass is 16.5. The Kier molecular flexibility index (Phi) is 5.35. The van der Waals surface area contributed by atoms with Gasteiger partial charge in [-0.15, -0.1) is 0 Å². The largest absolute Gasteiger partial charge is 0.389 e. The number of rotatable bonds is 3. The first kappa shape index (κ1) is 17.4. The summed E-state index contributed by atoms with van der Waals surface area (Å²) in [5, 5.41) is 17.5. The number of hydrogen-bond donors (Lipinski definition) is 2. The maximum Gasteiger partial charge on any atom is 0.323 e. The Balaban J connectivity index is 1.88. The van der Waals surface area contributed by atoms with Crippen LogP contribution in [0.25, 0.3) is 5.69 Å². The number of benzene rings is 1. The summed E-state index contributed by atoms with van der Waals surface area (Å²) in [6.07, 6.45) is 0.115. The van der Waals surface area contributed by atoms with Gasteiger partial charge in [0.05, 0.1) is 37.2 Å². The first-order valence-corrected chi connectivity index (χ1v) is 8.55. The second kappa shape index (κ2) is 7.67. The standard InChI is InChI=1S/C18H24N4O3/c1-3-16-13(2)17(22(20-16)14-7-5-4-6-8-14)19-18(24)21-9-10-25-12-15(23)11-21/h4-8,15,23H,3,9-12H2,1-2H3,(H,19,24)/t15-/m1/s1. The molecule has 1 aromatic carbocycles. The quantitative estimate of drug-likeness (QED) is 0.892. The molecule has 1 aliphatic rings. The van der Waals surface area contributed by atoms with Crippen molar-refractivity contribution in [3.05, 3.63) is 41.6 Å². The first-order chi connectivity index (χ1) is 12.1. The fraction of sp³-hybridized carbons (Fsp3) is 0.444. The van der Waals surface area contributed by atoms with E-state index in [4.69, 9.17) is 4.74 Å². The number of para-hydroxylation sites is 1. The number of urea groups is 1. The van der Waals surface area contributed by atoms with Crippen LogP contribution in [0.4, 0.5) is 10.6 Å². The lowest BCUT2D eigenvalue weighted by molar-refractivity contribution is 0.0575. The Morgan fingerprint density at radius 2 is 2.16 bits per heavy atom. The minimum Gasteiger partial charge on any atom is -0.389 e. The molecule has 0 bridgehead atoms. The molecule has 1 saturated heterocycles. The first-order valence-electron chi connectivity index (χ1n) is 8.55. The van der Waals surface area contributed by atoms with Gasteiger partial charge >= 0.3 is 6.03 Å². The molecule has 0 radical (unpaired) electrons. The minimum absolute atomic E-state index is 0.255. The van der Waals surface area contributed by atoms with Crippen molar-refractivity contribution in [2.75, 3.05) is 31.6 Å². The summed E-state index contributed by atoms with van der Waals surface area (Å²) in [6.45, 7) is 5.37. The number of anilines is 1. The van der Waals surface area contributed by atoms with E-state index in [1.807, 2.05) is 44.2 Å². The number of aliphatic hydroxyl groups is 1. The molecule has 0 unspecified atom stereocenters. The lowest BCUT2D eigenvalue weighted by Gasteiger charge is -2.22. The van der Waals surface area contributed by atoms with Crippen LogP contribution in [0.1, 0.15) is 18.2 Å². The maximum absolute atomic E-state index is 12.7. The smallest absolute Gasteiger partial charge is 0.323 e. The number of nitrogens with zero attached hydrogens (tertiary/aromatic N) is 3. The molecule has 2 N–H and O–H groups in total. The third-order valence-corrected chi connectivity index (χ3v) is 4.32. The molecule has 1 atom stereocenters. The van der Waals surface area contributed by atoms with E-state index in [0.29, 0.717) is 19.0 Å². The van der Waals surface area contributed by atoms with Crippen LogP contribution < -0.4 is 5.32 Å². The fourth-order valence-corrected chi connectivity index (χ4v) is 2.94. The molecule has 0 spiro atoms. The highest BCUT2D eigenvalue weighted by Crippen LogP contribution is 2.24. The van der Waals surface area contributed by atoms with Gasteiger partial charge in [-0.1, -0.05) is 25.1 Å². The monoisotopic (exact) mass is 344 g/mol. The number of nitrogens with one attached hydrogen (secondary N) is 1. The van der Waals surface area contributed by atoms with E-state index in [0.717, 1.165) is 23.4 Å². The van der Waals surface area contributed by atoms with Gasteiger partial charge in [0.15, 0.2) is 0 Å². The topological polar surface area (TPSA) is 79.6 Å². The number of carbonyl (C=O) groups excluding carboxylic acids is 1. The van der Waals surface area contributed by atoms with Crippen LogP contribution in [-0.2, 0) is 11.2 Å². The van der Waals surface area contributed by atoms with Crippen molar-refractivity contribution in [3.63, 3.8) is 0 Å². The number of aromatic nitrogens is 2. The summed E-state index contributed by atoms with van der Waals surface area (Å²) in [7, 11) is 0. The van der Waals surface area contributed by atoms with Gasteiger partial charge in [0.2, 0.25) is 0 Å². The normalized spacial score (nSPS) is 18.0. The van der Waals surface area contributed by atoms with Crippen molar-refractivity contribution in [1.82, 2.24) is 14.7 Å². The third-order valence-electron chi connectivity index (χ3n) is 4.32. The molecular weight excluding hydrogens is 320 g/mol. The number of aliphatic hydroxyl groups excluding tert-OH is 1. The highest BCUT2D eigenvalue weighted by molar-refractivity contribution is 5.89. The van der Waals surface area contributed by atoms with Gasteiger partial charge in [0, 0.05) is 12.1 Å². The Hall–Kier alpha value is -2.38. The van der Waals surface area contributed by atoms with E-state index in [9.17, 15) is 9.90 Å². The number of amides is 2. The molecule has 2 aromatic rings. The molecule has 25 heavy (non-hydrogen) atoms. The molecule has 7 nitrogen and oxygen atoms in total. The van der Waals surface area contributed by atoms with E-state index in [-0.39, 0.29) is 19.2 Å². The molecule has 7 heteroatoms. The van der Waals surface area contributed by atoms with Crippen LogP contribution in [0, 0.1) is 6.92 Å². The third kappa shape index (κ3) is 3.83. The zero-order valence-corrected chi connectivity index (χ0v) is 14.6. The van der Waals surface area contributed by atoms with Crippen molar-refractivity contribution in [2.24, 2.45) is 0 Å². The Morgan fingerprint density at radius 1 is 1.40 bits per heavy atom. The van der Waals surface area contributed by atoms with Gasteiger partial charge in [0.1, 0.15) is 5.82 Å². The van der Waals surface area contributed by atoms with Gasteiger partial charge in [0.25, 0.3) is 0 Å². The Morgan fingerprint density at radius 3 is 2.88 bits per heavy atom.